The number of carbonyl (C=O) groups is 2. The SMILES string of the molecule is COc1ccc(Oc2ccc(OC(F)(F)F)cc2)cc1NC(=O)[C@H]1CCC(=O)N1C. The molecule has 1 N–H and O–H groups in total. The zero-order chi connectivity index (χ0) is 21.9. The summed E-state index contributed by atoms with van der Waals surface area (Å²) in [5, 5.41) is 2.73. The molecule has 0 saturated carbocycles. The van der Waals surface area contributed by atoms with Gasteiger partial charge in [0.25, 0.3) is 0 Å². The molecule has 1 saturated heterocycles. The summed E-state index contributed by atoms with van der Waals surface area (Å²) in [4.78, 5) is 25.6. The van der Waals surface area contributed by atoms with Crippen molar-refractivity contribution in [2.24, 2.45) is 0 Å². The Hall–Kier alpha value is -3.43. The van der Waals surface area contributed by atoms with Gasteiger partial charge in [0.15, 0.2) is 0 Å². The molecule has 1 heterocycles. The summed E-state index contributed by atoms with van der Waals surface area (Å²) in [7, 11) is 3.01. The van der Waals surface area contributed by atoms with E-state index in [-0.39, 0.29) is 23.3 Å². The summed E-state index contributed by atoms with van der Waals surface area (Å²) in [5.74, 6) is 0.161. The average molecular weight is 424 g/mol. The fraction of sp³-hybridized carbons (Fsp3) is 0.300. The summed E-state index contributed by atoms with van der Waals surface area (Å²) in [5.41, 5.74) is 0.338. The molecule has 30 heavy (non-hydrogen) atoms. The van der Waals surface area contributed by atoms with Gasteiger partial charge in [-0.1, -0.05) is 0 Å². The number of nitrogens with zero attached hydrogens (tertiary/aromatic N) is 1. The first kappa shape index (κ1) is 21.3. The number of benzene rings is 2. The van der Waals surface area contributed by atoms with Gasteiger partial charge in [-0.2, -0.15) is 0 Å². The number of amides is 2. The Morgan fingerprint density at radius 2 is 1.73 bits per heavy atom. The number of rotatable bonds is 6. The predicted octanol–water partition coefficient (Wildman–Crippen LogP) is 3.95. The van der Waals surface area contributed by atoms with Crippen LogP contribution in [0, 0.1) is 0 Å². The molecule has 1 aliphatic heterocycles. The van der Waals surface area contributed by atoms with E-state index in [0.717, 1.165) is 12.1 Å². The molecule has 10 heteroatoms. The fourth-order valence-electron chi connectivity index (χ4n) is 3.02. The molecule has 2 amide bonds. The maximum absolute atomic E-state index is 12.6. The molecule has 0 spiro atoms. The van der Waals surface area contributed by atoms with Crippen LogP contribution in [0.3, 0.4) is 0 Å². The molecule has 160 valence electrons. The van der Waals surface area contributed by atoms with Gasteiger partial charge in [-0.05, 0) is 42.8 Å². The highest BCUT2D eigenvalue weighted by atomic mass is 19.4. The molecule has 7 nitrogen and oxygen atoms in total. The Labute approximate surface area is 170 Å². The number of halogens is 3. The number of likely N-dealkylation sites (N-methyl/N-ethyl adjacent to an activating group) is 1. The summed E-state index contributed by atoms with van der Waals surface area (Å²) in [6.07, 6.45) is -4.04. The number of alkyl halides is 3. The number of carbonyl (C=O) groups excluding carboxylic acids is 2. The van der Waals surface area contributed by atoms with Crippen molar-refractivity contribution in [1.29, 1.82) is 0 Å². The first-order chi connectivity index (χ1) is 14.2. The van der Waals surface area contributed by atoms with Crippen LogP contribution in [0.4, 0.5) is 18.9 Å². The van der Waals surface area contributed by atoms with E-state index in [4.69, 9.17) is 9.47 Å². The smallest absolute Gasteiger partial charge is 0.495 e. The highest BCUT2D eigenvalue weighted by Crippen LogP contribution is 2.33. The van der Waals surface area contributed by atoms with Crippen molar-refractivity contribution < 1.29 is 37.0 Å². The maximum Gasteiger partial charge on any atom is 0.573 e. The molecule has 0 aromatic heterocycles. The van der Waals surface area contributed by atoms with Crippen LogP contribution in [0.25, 0.3) is 0 Å². The first-order valence-electron chi connectivity index (χ1n) is 8.94. The van der Waals surface area contributed by atoms with Gasteiger partial charge in [0.1, 0.15) is 29.0 Å². The van der Waals surface area contributed by atoms with Crippen LogP contribution in [-0.4, -0.2) is 43.3 Å². The van der Waals surface area contributed by atoms with Gasteiger partial charge in [-0.3, -0.25) is 9.59 Å². The standard InChI is InChI=1S/C20H19F3N2O5/c1-25-16(8-10-18(25)26)19(27)24-15-11-14(7-9-17(15)28-2)29-12-3-5-13(6-4-12)30-20(21,22)23/h3-7,9,11,16H,8,10H2,1-2H3,(H,24,27)/t16-/m1/s1. The Bertz CT molecular complexity index is 931. The van der Waals surface area contributed by atoms with Gasteiger partial charge in [0.05, 0.1) is 12.8 Å². The average Bonchev–Trinajstić information content (AvgIpc) is 3.01. The molecule has 1 aliphatic rings. The zero-order valence-corrected chi connectivity index (χ0v) is 16.2. The molecule has 1 fully saturated rings. The normalized spacial score (nSPS) is 16.4. The Morgan fingerprint density at radius 1 is 1.10 bits per heavy atom. The third-order valence-corrected chi connectivity index (χ3v) is 4.52. The fourth-order valence-corrected chi connectivity index (χ4v) is 3.02. The first-order valence-corrected chi connectivity index (χ1v) is 8.94. The summed E-state index contributed by atoms with van der Waals surface area (Å²) in [6.45, 7) is 0. The van der Waals surface area contributed by atoms with E-state index in [2.05, 4.69) is 10.1 Å². The minimum Gasteiger partial charge on any atom is -0.495 e. The lowest BCUT2D eigenvalue weighted by Crippen LogP contribution is -2.38. The third-order valence-electron chi connectivity index (χ3n) is 4.52. The van der Waals surface area contributed by atoms with E-state index >= 15 is 0 Å². The van der Waals surface area contributed by atoms with Crippen LogP contribution >= 0.6 is 0 Å². The quantitative estimate of drug-likeness (QED) is 0.760. The summed E-state index contributed by atoms with van der Waals surface area (Å²) < 4.78 is 51.4. The molecule has 2 aromatic carbocycles. The van der Waals surface area contributed by atoms with Gasteiger partial charge in [-0.25, -0.2) is 0 Å². The predicted molar refractivity (Wildman–Crippen MR) is 101 cm³/mol. The Balaban J connectivity index is 1.72. The minimum absolute atomic E-state index is 0.0999. The van der Waals surface area contributed by atoms with E-state index in [1.54, 1.807) is 19.2 Å². The molecule has 0 radical (unpaired) electrons. The summed E-state index contributed by atoms with van der Waals surface area (Å²) >= 11 is 0. The number of ether oxygens (including phenoxy) is 3. The van der Waals surface area contributed by atoms with E-state index in [1.165, 1.54) is 30.2 Å². The number of methoxy groups -OCH3 is 1. The lowest BCUT2D eigenvalue weighted by atomic mass is 10.2. The molecule has 0 unspecified atom stereocenters. The monoisotopic (exact) mass is 424 g/mol. The maximum atomic E-state index is 12.6. The summed E-state index contributed by atoms with van der Waals surface area (Å²) in [6, 6.07) is 9.01. The molecule has 2 aromatic rings. The van der Waals surface area contributed by atoms with Gasteiger partial charge in [0.2, 0.25) is 11.8 Å². The number of nitrogens with one attached hydrogen (secondary N) is 1. The topological polar surface area (TPSA) is 77.1 Å². The van der Waals surface area contributed by atoms with Crippen molar-refractivity contribution in [2.45, 2.75) is 25.2 Å². The zero-order valence-electron chi connectivity index (χ0n) is 16.2. The van der Waals surface area contributed by atoms with E-state index < -0.39 is 12.4 Å². The molecule has 1 atom stereocenters. The van der Waals surface area contributed by atoms with E-state index in [1.807, 2.05) is 0 Å². The second kappa shape index (κ2) is 8.52. The number of hydrogen-bond acceptors (Lipinski definition) is 5. The van der Waals surface area contributed by atoms with Crippen LogP contribution in [0.1, 0.15) is 12.8 Å². The van der Waals surface area contributed by atoms with Crippen molar-refractivity contribution in [3.8, 4) is 23.0 Å². The van der Waals surface area contributed by atoms with Gasteiger partial charge >= 0.3 is 6.36 Å². The molecule has 0 bridgehead atoms. The highest BCUT2D eigenvalue weighted by molar-refractivity contribution is 5.99. The van der Waals surface area contributed by atoms with Crippen LogP contribution in [0.15, 0.2) is 42.5 Å². The van der Waals surface area contributed by atoms with Crippen molar-refractivity contribution in [3.63, 3.8) is 0 Å². The van der Waals surface area contributed by atoms with Crippen LogP contribution < -0.4 is 19.5 Å². The Morgan fingerprint density at radius 3 is 2.30 bits per heavy atom. The molecular weight excluding hydrogens is 405 g/mol. The van der Waals surface area contributed by atoms with Crippen molar-refractivity contribution >= 4 is 17.5 Å². The number of hydrogen-bond donors (Lipinski definition) is 1. The Kier molecular flexibility index (Phi) is 6.04. The van der Waals surface area contributed by atoms with Crippen molar-refractivity contribution in [3.05, 3.63) is 42.5 Å². The van der Waals surface area contributed by atoms with Crippen LogP contribution in [0.2, 0.25) is 0 Å². The lowest BCUT2D eigenvalue weighted by Gasteiger charge is -2.20. The second-order valence-electron chi connectivity index (χ2n) is 6.53. The molecule has 0 aliphatic carbocycles. The highest BCUT2D eigenvalue weighted by Gasteiger charge is 2.33. The second-order valence-corrected chi connectivity index (χ2v) is 6.53. The molecular formula is C20H19F3N2O5. The lowest BCUT2D eigenvalue weighted by molar-refractivity contribution is -0.274. The van der Waals surface area contributed by atoms with Gasteiger partial charge in [-0.15, -0.1) is 13.2 Å². The van der Waals surface area contributed by atoms with Gasteiger partial charge < -0.3 is 24.4 Å². The molecule has 3 rings (SSSR count). The van der Waals surface area contributed by atoms with E-state index in [9.17, 15) is 22.8 Å². The van der Waals surface area contributed by atoms with Crippen molar-refractivity contribution in [1.82, 2.24) is 4.90 Å². The van der Waals surface area contributed by atoms with Crippen LogP contribution in [-0.2, 0) is 9.59 Å². The number of anilines is 1. The number of likely N-dealkylation sites (tertiary alicyclic amines) is 1. The van der Waals surface area contributed by atoms with Crippen LogP contribution in [0.5, 0.6) is 23.0 Å². The minimum atomic E-state index is -4.77. The van der Waals surface area contributed by atoms with E-state index in [0.29, 0.717) is 30.0 Å². The third kappa shape index (κ3) is 5.13. The largest absolute Gasteiger partial charge is 0.573 e. The van der Waals surface area contributed by atoms with Gasteiger partial charge in [0, 0.05) is 19.5 Å². The van der Waals surface area contributed by atoms with Crippen molar-refractivity contribution in [2.75, 3.05) is 19.5 Å².